The van der Waals surface area contributed by atoms with Gasteiger partial charge in [0.2, 0.25) is 0 Å². The van der Waals surface area contributed by atoms with Crippen molar-refractivity contribution in [2.45, 2.75) is 19.8 Å². The number of hydrogen-bond acceptors (Lipinski definition) is 3. The van der Waals surface area contributed by atoms with Crippen molar-refractivity contribution in [2.24, 2.45) is 0 Å². The van der Waals surface area contributed by atoms with E-state index in [1.54, 1.807) is 6.07 Å². The fourth-order valence-corrected chi connectivity index (χ4v) is 2.15. The van der Waals surface area contributed by atoms with Gasteiger partial charge < -0.3 is 15.8 Å². The van der Waals surface area contributed by atoms with E-state index in [1.165, 1.54) is 11.6 Å². The number of rotatable bonds is 6. The van der Waals surface area contributed by atoms with E-state index < -0.39 is 5.82 Å². The molecule has 0 saturated heterocycles. The molecule has 112 valence electrons. The average Bonchev–Trinajstić information content (AvgIpc) is 2.49. The standard InChI is InChI=1S/C17H21FN2O/c1-3-21-17-10-16(15(19)9-14(17)18)20-11-12(2)13-7-5-4-6-8-13/h4-10,12,20H,3,11,19H2,1-2H3. The van der Waals surface area contributed by atoms with Crippen molar-refractivity contribution >= 4 is 11.4 Å². The Balaban J connectivity index is 2.07. The molecule has 0 bridgehead atoms. The average molecular weight is 288 g/mol. The van der Waals surface area contributed by atoms with E-state index in [0.29, 0.717) is 30.4 Å². The molecule has 1 atom stereocenters. The molecule has 21 heavy (non-hydrogen) atoms. The van der Waals surface area contributed by atoms with Gasteiger partial charge in [0.1, 0.15) is 0 Å². The summed E-state index contributed by atoms with van der Waals surface area (Å²) in [5.74, 6) is 0.115. The zero-order chi connectivity index (χ0) is 15.2. The van der Waals surface area contributed by atoms with Crippen LogP contribution in [0.4, 0.5) is 15.8 Å². The molecule has 0 amide bonds. The van der Waals surface area contributed by atoms with E-state index in [-0.39, 0.29) is 5.75 Å². The summed E-state index contributed by atoms with van der Waals surface area (Å²) in [5.41, 5.74) is 8.18. The Bertz CT molecular complexity index is 587. The molecule has 0 aliphatic carbocycles. The lowest BCUT2D eigenvalue weighted by Crippen LogP contribution is -2.11. The van der Waals surface area contributed by atoms with Crippen molar-refractivity contribution in [2.75, 3.05) is 24.2 Å². The Morgan fingerprint density at radius 2 is 1.95 bits per heavy atom. The van der Waals surface area contributed by atoms with Gasteiger partial charge in [-0.3, -0.25) is 0 Å². The Hall–Kier alpha value is -2.23. The Morgan fingerprint density at radius 1 is 1.24 bits per heavy atom. The van der Waals surface area contributed by atoms with Crippen LogP contribution < -0.4 is 15.8 Å². The van der Waals surface area contributed by atoms with E-state index in [1.807, 2.05) is 25.1 Å². The molecule has 0 spiro atoms. The molecule has 1 unspecified atom stereocenters. The lowest BCUT2D eigenvalue weighted by Gasteiger charge is -2.16. The summed E-state index contributed by atoms with van der Waals surface area (Å²) in [6.07, 6.45) is 0. The minimum atomic E-state index is -0.434. The SMILES string of the molecule is CCOc1cc(NCC(C)c2ccccc2)c(N)cc1F. The van der Waals surface area contributed by atoms with Crippen LogP contribution in [-0.4, -0.2) is 13.2 Å². The van der Waals surface area contributed by atoms with Crippen molar-refractivity contribution in [1.29, 1.82) is 0 Å². The summed E-state index contributed by atoms with van der Waals surface area (Å²) in [5, 5.41) is 3.27. The highest BCUT2D eigenvalue weighted by atomic mass is 19.1. The molecule has 0 fully saturated rings. The number of halogens is 1. The highest BCUT2D eigenvalue weighted by Crippen LogP contribution is 2.29. The number of hydrogen-bond donors (Lipinski definition) is 2. The summed E-state index contributed by atoms with van der Waals surface area (Å²) in [6.45, 7) is 5.08. The Morgan fingerprint density at radius 3 is 2.62 bits per heavy atom. The third-order valence-corrected chi connectivity index (χ3v) is 3.37. The fourth-order valence-electron chi connectivity index (χ4n) is 2.15. The predicted molar refractivity (Wildman–Crippen MR) is 85.3 cm³/mol. The second-order valence-electron chi connectivity index (χ2n) is 5.00. The van der Waals surface area contributed by atoms with Crippen LogP contribution in [-0.2, 0) is 0 Å². The zero-order valence-electron chi connectivity index (χ0n) is 12.4. The first-order valence-electron chi connectivity index (χ1n) is 7.12. The van der Waals surface area contributed by atoms with Gasteiger partial charge in [0.25, 0.3) is 0 Å². The molecule has 0 aliphatic heterocycles. The van der Waals surface area contributed by atoms with Gasteiger partial charge >= 0.3 is 0 Å². The number of nitrogens with two attached hydrogens (primary N) is 1. The molecule has 2 aromatic carbocycles. The summed E-state index contributed by atoms with van der Waals surface area (Å²) in [7, 11) is 0. The van der Waals surface area contributed by atoms with Crippen LogP contribution >= 0.6 is 0 Å². The summed E-state index contributed by atoms with van der Waals surface area (Å²) >= 11 is 0. The van der Waals surface area contributed by atoms with E-state index in [2.05, 4.69) is 24.4 Å². The van der Waals surface area contributed by atoms with Gasteiger partial charge in [-0.1, -0.05) is 37.3 Å². The first kappa shape index (κ1) is 15.2. The number of ether oxygens (including phenoxy) is 1. The molecular formula is C17H21FN2O. The number of nitrogen functional groups attached to an aromatic ring is 1. The minimum Gasteiger partial charge on any atom is -0.491 e. The molecule has 2 aromatic rings. The monoisotopic (exact) mass is 288 g/mol. The first-order valence-corrected chi connectivity index (χ1v) is 7.12. The van der Waals surface area contributed by atoms with E-state index in [4.69, 9.17) is 10.5 Å². The molecule has 0 aromatic heterocycles. The molecule has 3 N–H and O–H groups in total. The van der Waals surface area contributed by atoms with Crippen molar-refractivity contribution in [3.63, 3.8) is 0 Å². The van der Waals surface area contributed by atoms with Crippen LogP contribution in [0.5, 0.6) is 5.75 Å². The quantitative estimate of drug-likeness (QED) is 0.789. The van der Waals surface area contributed by atoms with Crippen molar-refractivity contribution in [1.82, 2.24) is 0 Å². The molecule has 0 aliphatic rings. The van der Waals surface area contributed by atoms with Gasteiger partial charge in [-0.05, 0) is 18.4 Å². The van der Waals surface area contributed by atoms with E-state index in [0.717, 1.165) is 0 Å². The van der Waals surface area contributed by atoms with Crippen LogP contribution in [0.2, 0.25) is 0 Å². The number of nitrogens with one attached hydrogen (secondary N) is 1. The summed E-state index contributed by atoms with van der Waals surface area (Å²) in [6, 6.07) is 13.1. The van der Waals surface area contributed by atoms with Gasteiger partial charge in [-0.2, -0.15) is 0 Å². The third kappa shape index (κ3) is 3.88. The second-order valence-corrected chi connectivity index (χ2v) is 5.00. The molecule has 4 heteroatoms. The minimum absolute atomic E-state index is 0.224. The fraction of sp³-hybridized carbons (Fsp3) is 0.294. The molecular weight excluding hydrogens is 267 g/mol. The highest BCUT2D eigenvalue weighted by Gasteiger charge is 2.10. The number of anilines is 2. The van der Waals surface area contributed by atoms with Gasteiger partial charge in [0.15, 0.2) is 11.6 Å². The first-order chi connectivity index (χ1) is 10.1. The maximum Gasteiger partial charge on any atom is 0.167 e. The van der Waals surface area contributed by atoms with Crippen LogP contribution in [0.3, 0.4) is 0 Å². The molecule has 0 saturated carbocycles. The smallest absolute Gasteiger partial charge is 0.167 e. The lowest BCUT2D eigenvalue weighted by molar-refractivity contribution is 0.322. The van der Waals surface area contributed by atoms with Gasteiger partial charge in [0.05, 0.1) is 18.0 Å². The largest absolute Gasteiger partial charge is 0.491 e. The van der Waals surface area contributed by atoms with Crippen LogP contribution in [0.15, 0.2) is 42.5 Å². The summed E-state index contributed by atoms with van der Waals surface area (Å²) in [4.78, 5) is 0. The van der Waals surface area contributed by atoms with Crippen LogP contribution in [0, 0.1) is 5.82 Å². The zero-order valence-corrected chi connectivity index (χ0v) is 12.4. The van der Waals surface area contributed by atoms with Crippen LogP contribution in [0.1, 0.15) is 25.3 Å². The van der Waals surface area contributed by atoms with E-state index >= 15 is 0 Å². The van der Waals surface area contributed by atoms with Gasteiger partial charge in [0, 0.05) is 18.7 Å². The van der Waals surface area contributed by atoms with Gasteiger partial charge in [-0.25, -0.2) is 4.39 Å². The molecule has 3 nitrogen and oxygen atoms in total. The van der Waals surface area contributed by atoms with Crippen molar-refractivity contribution in [3.8, 4) is 5.75 Å². The topological polar surface area (TPSA) is 47.3 Å². The Labute approximate surface area is 124 Å². The van der Waals surface area contributed by atoms with Crippen LogP contribution in [0.25, 0.3) is 0 Å². The Kier molecular flexibility index (Phi) is 5.04. The maximum atomic E-state index is 13.6. The lowest BCUT2D eigenvalue weighted by atomic mass is 10.0. The molecule has 0 radical (unpaired) electrons. The summed E-state index contributed by atoms with van der Waals surface area (Å²) < 4.78 is 18.9. The molecule has 2 rings (SSSR count). The van der Waals surface area contributed by atoms with E-state index in [9.17, 15) is 4.39 Å². The third-order valence-electron chi connectivity index (χ3n) is 3.37. The maximum absolute atomic E-state index is 13.6. The highest BCUT2D eigenvalue weighted by molar-refractivity contribution is 5.68. The predicted octanol–water partition coefficient (Wildman–Crippen LogP) is 4.02. The number of benzene rings is 2. The van der Waals surface area contributed by atoms with Gasteiger partial charge in [-0.15, -0.1) is 0 Å². The normalized spacial score (nSPS) is 12.0. The van der Waals surface area contributed by atoms with Crippen molar-refractivity contribution < 1.29 is 9.13 Å². The second kappa shape index (κ2) is 6.97. The van der Waals surface area contributed by atoms with Crippen molar-refractivity contribution in [3.05, 3.63) is 53.8 Å². The molecule has 0 heterocycles.